The number of halogens is 1. The van der Waals surface area contributed by atoms with Gasteiger partial charge in [0.2, 0.25) is 5.91 Å². The number of amides is 1. The first-order valence-corrected chi connectivity index (χ1v) is 7.71. The molecule has 0 saturated carbocycles. The molecule has 1 aromatic heterocycles. The highest BCUT2D eigenvalue weighted by Gasteiger charge is 2.21. The first kappa shape index (κ1) is 16.3. The lowest BCUT2D eigenvalue weighted by atomic mass is 10.1. The molecule has 1 amide bonds. The van der Waals surface area contributed by atoms with Crippen LogP contribution in [0.2, 0.25) is 5.02 Å². The molecule has 0 saturated heterocycles. The van der Waals surface area contributed by atoms with Crippen molar-refractivity contribution in [3.8, 4) is 0 Å². The lowest BCUT2D eigenvalue weighted by Crippen LogP contribution is -2.43. The second-order valence-corrected chi connectivity index (χ2v) is 6.09. The van der Waals surface area contributed by atoms with Crippen LogP contribution in [0.1, 0.15) is 18.3 Å². The minimum absolute atomic E-state index is 0.106. The number of carbonyl (C=O) groups excluding carboxylic acids is 1. The molecule has 0 radical (unpaired) electrons. The highest BCUT2D eigenvalue weighted by molar-refractivity contribution is 7.98. The van der Waals surface area contributed by atoms with E-state index in [9.17, 15) is 9.90 Å². The van der Waals surface area contributed by atoms with Gasteiger partial charge in [-0.25, -0.2) is 0 Å². The number of nitrogens with one attached hydrogen (secondary N) is 1. The summed E-state index contributed by atoms with van der Waals surface area (Å²) in [5.74, 6) is 0.377. The van der Waals surface area contributed by atoms with Crippen molar-refractivity contribution in [2.45, 2.75) is 32.9 Å². The Morgan fingerprint density at radius 3 is 2.68 bits per heavy atom. The van der Waals surface area contributed by atoms with Gasteiger partial charge in [0, 0.05) is 12.3 Å². The smallest absolute Gasteiger partial charge is 0.241 e. The van der Waals surface area contributed by atoms with E-state index in [1.807, 2.05) is 13.2 Å². The van der Waals surface area contributed by atoms with Crippen molar-refractivity contribution in [3.63, 3.8) is 0 Å². The number of rotatable bonds is 6. The van der Waals surface area contributed by atoms with Gasteiger partial charge in [0.1, 0.15) is 6.54 Å². The second kappa shape index (κ2) is 6.63. The van der Waals surface area contributed by atoms with E-state index < -0.39 is 5.60 Å². The van der Waals surface area contributed by atoms with Crippen LogP contribution in [0.15, 0.2) is 0 Å². The third-order valence-corrected chi connectivity index (χ3v) is 4.17. The summed E-state index contributed by atoms with van der Waals surface area (Å²) in [7, 11) is 0. The minimum Gasteiger partial charge on any atom is -0.387 e. The van der Waals surface area contributed by atoms with Crippen LogP contribution in [-0.2, 0) is 11.3 Å². The molecule has 1 aromatic rings. The van der Waals surface area contributed by atoms with Crippen molar-refractivity contribution in [1.29, 1.82) is 0 Å². The molecule has 0 aliphatic rings. The lowest BCUT2D eigenvalue weighted by Gasteiger charge is -2.22. The predicted molar refractivity (Wildman–Crippen MR) is 78.7 cm³/mol. The molecule has 1 heterocycles. The number of aromatic nitrogens is 2. The molecule has 5 nitrogen and oxygen atoms in total. The number of thioether (sulfide) groups is 1. The maximum atomic E-state index is 11.8. The fourth-order valence-corrected chi connectivity index (χ4v) is 2.53. The molecule has 0 aliphatic carbocycles. The maximum absolute atomic E-state index is 11.8. The predicted octanol–water partition coefficient (Wildman–Crippen LogP) is 1.38. The SMILES string of the molecule is CSCC(C)(O)CNC(=O)Cn1nc(C)c(Cl)c1C. The Morgan fingerprint density at radius 2 is 2.21 bits per heavy atom. The van der Waals surface area contributed by atoms with Crippen LogP contribution in [0.25, 0.3) is 0 Å². The molecule has 108 valence electrons. The summed E-state index contributed by atoms with van der Waals surface area (Å²) in [5, 5.41) is 17.4. The molecule has 0 aromatic carbocycles. The molecule has 19 heavy (non-hydrogen) atoms. The van der Waals surface area contributed by atoms with E-state index in [-0.39, 0.29) is 19.0 Å². The zero-order chi connectivity index (χ0) is 14.6. The van der Waals surface area contributed by atoms with E-state index in [0.29, 0.717) is 16.5 Å². The third-order valence-electron chi connectivity index (χ3n) is 2.71. The van der Waals surface area contributed by atoms with E-state index in [4.69, 9.17) is 11.6 Å². The summed E-state index contributed by atoms with van der Waals surface area (Å²) < 4.78 is 1.57. The molecule has 0 fully saturated rings. The van der Waals surface area contributed by atoms with Crippen LogP contribution in [0, 0.1) is 13.8 Å². The lowest BCUT2D eigenvalue weighted by molar-refractivity contribution is -0.122. The average molecular weight is 306 g/mol. The van der Waals surface area contributed by atoms with Crippen LogP contribution in [0.3, 0.4) is 0 Å². The number of nitrogens with zero attached hydrogens (tertiary/aromatic N) is 2. The van der Waals surface area contributed by atoms with Crippen molar-refractivity contribution < 1.29 is 9.90 Å². The Morgan fingerprint density at radius 1 is 1.58 bits per heavy atom. The number of hydrogen-bond acceptors (Lipinski definition) is 4. The Labute approximate surface area is 122 Å². The van der Waals surface area contributed by atoms with Crippen molar-refractivity contribution in [3.05, 3.63) is 16.4 Å². The van der Waals surface area contributed by atoms with Gasteiger partial charge in [-0.2, -0.15) is 16.9 Å². The molecule has 1 unspecified atom stereocenters. The van der Waals surface area contributed by atoms with Gasteiger partial charge in [-0.15, -0.1) is 0 Å². The van der Waals surface area contributed by atoms with Gasteiger partial charge in [0.05, 0.1) is 22.0 Å². The number of aliphatic hydroxyl groups is 1. The molecular weight excluding hydrogens is 286 g/mol. The average Bonchev–Trinajstić information content (AvgIpc) is 2.55. The molecular formula is C12H20ClN3O2S. The van der Waals surface area contributed by atoms with Gasteiger partial charge >= 0.3 is 0 Å². The number of hydrogen-bond donors (Lipinski definition) is 2. The largest absolute Gasteiger partial charge is 0.387 e. The van der Waals surface area contributed by atoms with Gasteiger partial charge < -0.3 is 10.4 Å². The quantitative estimate of drug-likeness (QED) is 0.833. The summed E-state index contributed by atoms with van der Waals surface area (Å²) in [6.45, 7) is 5.64. The minimum atomic E-state index is -0.901. The van der Waals surface area contributed by atoms with Crippen LogP contribution in [0.5, 0.6) is 0 Å². The normalized spacial score (nSPS) is 14.2. The summed E-state index contributed by atoms with van der Waals surface area (Å²) in [6, 6.07) is 0. The highest BCUT2D eigenvalue weighted by Crippen LogP contribution is 2.18. The van der Waals surface area contributed by atoms with E-state index in [1.165, 1.54) is 11.8 Å². The standard InChI is InChI=1S/C12H20ClN3O2S/c1-8-11(13)9(2)16(15-8)5-10(17)14-6-12(3,18)7-19-4/h18H,5-7H2,1-4H3,(H,14,17). The first-order valence-electron chi connectivity index (χ1n) is 5.94. The van der Waals surface area contributed by atoms with Crippen molar-refractivity contribution in [2.24, 2.45) is 0 Å². The topological polar surface area (TPSA) is 67.2 Å². The Kier molecular flexibility index (Phi) is 5.70. The van der Waals surface area contributed by atoms with Crippen molar-refractivity contribution >= 4 is 29.3 Å². The fraction of sp³-hybridized carbons (Fsp3) is 0.667. The number of aryl methyl sites for hydroxylation is 1. The molecule has 2 N–H and O–H groups in total. The Bertz CT molecular complexity index is 460. The molecule has 1 atom stereocenters. The molecule has 0 spiro atoms. The zero-order valence-corrected chi connectivity index (χ0v) is 13.2. The van der Waals surface area contributed by atoms with Crippen molar-refractivity contribution in [2.75, 3.05) is 18.6 Å². The van der Waals surface area contributed by atoms with Gasteiger partial charge in [-0.3, -0.25) is 9.48 Å². The van der Waals surface area contributed by atoms with Crippen LogP contribution < -0.4 is 5.32 Å². The summed E-state index contributed by atoms with van der Waals surface area (Å²) in [5.41, 5.74) is 0.577. The van der Waals surface area contributed by atoms with E-state index in [1.54, 1.807) is 18.5 Å². The third kappa shape index (κ3) is 4.71. The van der Waals surface area contributed by atoms with E-state index in [2.05, 4.69) is 10.4 Å². The van der Waals surface area contributed by atoms with Gasteiger partial charge in [-0.1, -0.05) is 11.6 Å². The molecule has 0 aliphatic heterocycles. The van der Waals surface area contributed by atoms with Gasteiger partial charge in [-0.05, 0) is 27.0 Å². The van der Waals surface area contributed by atoms with Gasteiger partial charge in [0.15, 0.2) is 0 Å². The second-order valence-electron chi connectivity index (χ2n) is 4.85. The fourth-order valence-electron chi connectivity index (χ4n) is 1.67. The molecule has 1 rings (SSSR count). The zero-order valence-electron chi connectivity index (χ0n) is 11.7. The summed E-state index contributed by atoms with van der Waals surface area (Å²) in [6.07, 6.45) is 1.91. The highest BCUT2D eigenvalue weighted by atomic mass is 35.5. The van der Waals surface area contributed by atoms with Crippen LogP contribution in [-0.4, -0.2) is 44.9 Å². The number of carbonyl (C=O) groups is 1. The molecule has 0 bridgehead atoms. The maximum Gasteiger partial charge on any atom is 0.241 e. The summed E-state index contributed by atoms with van der Waals surface area (Å²) >= 11 is 7.55. The Balaban J connectivity index is 2.54. The first-order chi connectivity index (χ1) is 8.76. The van der Waals surface area contributed by atoms with E-state index in [0.717, 1.165) is 5.69 Å². The van der Waals surface area contributed by atoms with Crippen LogP contribution in [0.4, 0.5) is 0 Å². The Hall–Kier alpha value is -0.720. The molecule has 7 heteroatoms. The monoisotopic (exact) mass is 305 g/mol. The van der Waals surface area contributed by atoms with E-state index >= 15 is 0 Å². The van der Waals surface area contributed by atoms with Crippen molar-refractivity contribution in [1.82, 2.24) is 15.1 Å². The summed E-state index contributed by atoms with van der Waals surface area (Å²) in [4.78, 5) is 11.8. The van der Waals surface area contributed by atoms with Gasteiger partial charge in [0.25, 0.3) is 0 Å². The van der Waals surface area contributed by atoms with Crippen LogP contribution >= 0.6 is 23.4 Å².